The molecule has 164 valence electrons. The van der Waals surface area contributed by atoms with Crippen molar-refractivity contribution in [1.82, 2.24) is 0 Å². The molecule has 29 heavy (non-hydrogen) atoms. The molecule has 3 aliphatic rings. The molecule has 0 aromatic rings. The Labute approximate surface area is 179 Å². The van der Waals surface area contributed by atoms with Crippen molar-refractivity contribution < 1.29 is 10.2 Å². The largest absolute Gasteiger partial charge is 0.388 e. The molecule has 0 saturated heterocycles. The van der Waals surface area contributed by atoms with E-state index in [9.17, 15) is 10.2 Å². The Morgan fingerprint density at radius 3 is 2.48 bits per heavy atom. The van der Waals surface area contributed by atoms with Crippen LogP contribution in [0.5, 0.6) is 0 Å². The Kier molecular flexibility index (Phi) is 7.84. The van der Waals surface area contributed by atoms with Gasteiger partial charge in [-0.25, -0.2) is 0 Å². The van der Waals surface area contributed by atoms with Crippen LogP contribution >= 0.6 is 0 Å². The normalized spacial score (nSPS) is 36.7. The van der Waals surface area contributed by atoms with Crippen molar-refractivity contribution in [2.75, 3.05) is 0 Å². The number of fused-ring (bicyclic) bond motifs is 1. The maximum atomic E-state index is 10.1. The minimum absolute atomic E-state index is 0.487. The van der Waals surface area contributed by atoms with Gasteiger partial charge in [0.1, 0.15) is 0 Å². The van der Waals surface area contributed by atoms with Gasteiger partial charge in [-0.1, -0.05) is 76.3 Å². The first kappa shape index (κ1) is 22.8. The highest BCUT2D eigenvalue weighted by atomic mass is 16.3. The summed E-state index contributed by atoms with van der Waals surface area (Å²) in [6.45, 7) is 11.1. The lowest BCUT2D eigenvalue weighted by atomic mass is 9.62. The Hall–Kier alpha value is -0.860. The van der Waals surface area contributed by atoms with Gasteiger partial charge in [0.15, 0.2) is 0 Å². The van der Waals surface area contributed by atoms with Gasteiger partial charge in [0.25, 0.3) is 0 Å². The number of aliphatic hydroxyl groups excluding tert-OH is 2. The average Bonchev–Trinajstić information content (AvgIpc) is 3.00. The summed E-state index contributed by atoms with van der Waals surface area (Å²) in [5.74, 6) is 2.47. The molecule has 2 unspecified atom stereocenters. The van der Waals surface area contributed by atoms with Crippen molar-refractivity contribution in [1.29, 1.82) is 0 Å². The number of unbranched alkanes of at least 4 members (excludes halogenated alkanes) is 2. The zero-order valence-corrected chi connectivity index (χ0v) is 19.1. The first-order valence-corrected chi connectivity index (χ1v) is 12.2. The van der Waals surface area contributed by atoms with E-state index in [1.54, 1.807) is 5.57 Å². The molecule has 0 spiro atoms. The molecule has 2 heteroatoms. The molecule has 0 heterocycles. The van der Waals surface area contributed by atoms with Gasteiger partial charge in [-0.15, -0.1) is 0 Å². The molecule has 3 aliphatic carbocycles. The van der Waals surface area contributed by atoms with Gasteiger partial charge in [0.2, 0.25) is 0 Å². The molecule has 3 saturated carbocycles. The predicted octanol–water partition coefficient (Wildman–Crippen LogP) is 6.73. The second kappa shape index (κ2) is 9.96. The molecular formula is C27H44O2. The minimum Gasteiger partial charge on any atom is -0.388 e. The number of allylic oxidation sites excluding steroid dienone is 3. The highest BCUT2D eigenvalue weighted by molar-refractivity contribution is 5.29. The lowest BCUT2D eigenvalue weighted by Crippen LogP contribution is -2.33. The third kappa shape index (κ3) is 5.44. The number of aliphatic hydroxyl groups is 2. The smallest absolute Gasteiger partial charge is 0.0809 e. The molecule has 0 aliphatic heterocycles. The number of rotatable bonds is 7. The van der Waals surface area contributed by atoms with Crippen LogP contribution in [0.15, 0.2) is 35.5 Å². The van der Waals surface area contributed by atoms with Crippen molar-refractivity contribution in [2.45, 2.75) is 110 Å². The van der Waals surface area contributed by atoms with Crippen LogP contribution in [0.2, 0.25) is 0 Å². The molecule has 5 atom stereocenters. The third-order valence-corrected chi connectivity index (χ3v) is 8.30. The van der Waals surface area contributed by atoms with Gasteiger partial charge in [0, 0.05) is 0 Å². The van der Waals surface area contributed by atoms with E-state index < -0.39 is 12.2 Å². The van der Waals surface area contributed by atoms with Crippen LogP contribution < -0.4 is 0 Å². The van der Waals surface area contributed by atoms with Crippen molar-refractivity contribution in [3.63, 3.8) is 0 Å². The van der Waals surface area contributed by atoms with Gasteiger partial charge < -0.3 is 10.2 Å². The van der Waals surface area contributed by atoms with E-state index >= 15 is 0 Å². The summed E-state index contributed by atoms with van der Waals surface area (Å²) < 4.78 is 0. The Morgan fingerprint density at radius 2 is 1.79 bits per heavy atom. The first-order valence-electron chi connectivity index (χ1n) is 12.2. The fraction of sp³-hybridized carbons (Fsp3) is 0.778. The van der Waals surface area contributed by atoms with Gasteiger partial charge in [-0.2, -0.15) is 0 Å². The number of hydrogen-bond acceptors (Lipinski definition) is 2. The standard InChI is InChI=1S/C27H44O2/c1-19(2)9-6-5-7-11-23-14-15-24-22(10-8-16-27(23,24)4)13-12-21-17-25(28)20(3)26(29)18-21/h12-13,19,23-26,28-29H,3,5-11,14-18H2,1-2,4H3/b22-13+/t23?,24?,25-,26-,27-/m1/s1. The number of hydrogen-bond donors (Lipinski definition) is 2. The molecule has 3 fully saturated rings. The molecule has 2 N–H and O–H groups in total. The minimum atomic E-state index is -0.591. The Balaban J connectivity index is 1.60. The van der Waals surface area contributed by atoms with E-state index in [1.807, 2.05) is 0 Å². The fourth-order valence-electron chi connectivity index (χ4n) is 6.37. The van der Waals surface area contributed by atoms with E-state index in [0.717, 1.165) is 23.3 Å². The van der Waals surface area contributed by atoms with E-state index in [-0.39, 0.29) is 0 Å². The van der Waals surface area contributed by atoms with E-state index in [4.69, 9.17) is 0 Å². The van der Waals surface area contributed by atoms with Crippen molar-refractivity contribution in [2.24, 2.45) is 23.2 Å². The summed E-state index contributed by atoms with van der Waals surface area (Å²) in [5, 5.41) is 20.2. The Bertz CT molecular complexity index is 612. The third-order valence-electron chi connectivity index (χ3n) is 8.30. The van der Waals surface area contributed by atoms with Gasteiger partial charge >= 0.3 is 0 Å². The van der Waals surface area contributed by atoms with Gasteiger partial charge in [0.05, 0.1) is 12.2 Å². The van der Waals surface area contributed by atoms with Crippen LogP contribution in [0.25, 0.3) is 0 Å². The highest BCUT2D eigenvalue weighted by Gasteiger charge is 2.48. The van der Waals surface area contributed by atoms with Crippen molar-refractivity contribution >= 4 is 0 Å². The maximum absolute atomic E-state index is 10.1. The van der Waals surface area contributed by atoms with Crippen molar-refractivity contribution in [3.05, 3.63) is 35.5 Å². The van der Waals surface area contributed by atoms with Crippen LogP contribution in [0.3, 0.4) is 0 Å². The summed E-state index contributed by atoms with van der Waals surface area (Å²) in [6.07, 6.45) is 18.3. The van der Waals surface area contributed by atoms with Crippen LogP contribution in [0.4, 0.5) is 0 Å². The maximum Gasteiger partial charge on any atom is 0.0809 e. The molecule has 0 aromatic heterocycles. The summed E-state index contributed by atoms with van der Waals surface area (Å²) in [6, 6.07) is 0. The average molecular weight is 401 g/mol. The van der Waals surface area contributed by atoms with Crippen LogP contribution in [-0.4, -0.2) is 22.4 Å². The summed E-state index contributed by atoms with van der Waals surface area (Å²) >= 11 is 0. The lowest BCUT2D eigenvalue weighted by Gasteiger charge is -2.42. The molecule has 0 aromatic carbocycles. The van der Waals surface area contributed by atoms with E-state index in [1.165, 1.54) is 64.2 Å². The molecule has 0 radical (unpaired) electrons. The SMILES string of the molecule is C=C1[C@H](O)CC(=C/C=C2\CCC[C@]3(C)C(CCCCCC(C)C)CCC23)C[C@H]1O. The fourth-order valence-corrected chi connectivity index (χ4v) is 6.37. The predicted molar refractivity (Wildman–Crippen MR) is 123 cm³/mol. The van der Waals surface area contributed by atoms with Crippen LogP contribution in [0.1, 0.15) is 97.8 Å². The second-order valence-electron chi connectivity index (χ2n) is 10.8. The molecule has 0 bridgehead atoms. The molecule has 3 rings (SSSR count). The highest BCUT2D eigenvalue weighted by Crippen LogP contribution is 2.58. The summed E-state index contributed by atoms with van der Waals surface area (Å²) in [5.41, 5.74) is 3.85. The van der Waals surface area contributed by atoms with Gasteiger partial charge in [-0.3, -0.25) is 0 Å². The summed E-state index contributed by atoms with van der Waals surface area (Å²) in [7, 11) is 0. The van der Waals surface area contributed by atoms with Crippen LogP contribution in [0, 0.1) is 23.2 Å². The van der Waals surface area contributed by atoms with Gasteiger partial charge in [-0.05, 0) is 80.1 Å². The quantitative estimate of drug-likeness (QED) is 0.367. The van der Waals surface area contributed by atoms with Crippen LogP contribution in [-0.2, 0) is 0 Å². The Morgan fingerprint density at radius 1 is 1.07 bits per heavy atom. The molecule has 0 amide bonds. The molecular weight excluding hydrogens is 356 g/mol. The second-order valence-corrected chi connectivity index (χ2v) is 10.8. The monoisotopic (exact) mass is 400 g/mol. The van der Waals surface area contributed by atoms with Crippen molar-refractivity contribution in [3.8, 4) is 0 Å². The van der Waals surface area contributed by atoms with E-state index in [0.29, 0.717) is 23.8 Å². The van der Waals surface area contributed by atoms with E-state index in [2.05, 4.69) is 39.5 Å². The first-order chi connectivity index (χ1) is 13.8. The lowest BCUT2D eigenvalue weighted by molar-refractivity contribution is 0.123. The summed E-state index contributed by atoms with van der Waals surface area (Å²) in [4.78, 5) is 0. The zero-order chi connectivity index (χ0) is 21.0. The zero-order valence-electron chi connectivity index (χ0n) is 19.1. The molecule has 2 nitrogen and oxygen atoms in total. The topological polar surface area (TPSA) is 40.5 Å².